The minimum absolute atomic E-state index is 0.273. The molecule has 150 valence electrons. The van der Waals surface area contributed by atoms with Crippen molar-refractivity contribution in [2.24, 2.45) is 7.05 Å². The van der Waals surface area contributed by atoms with Gasteiger partial charge < -0.3 is 5.32 Å². The van der Waals surface area contributed by atoms with Crippen molar-refractivity contribution in [1.29, 1.82) is 0 Å². The number of hydrogen-bond donors (Lipinski definition) is 1. The van der Waals surface area contributed by atoms with Gasteiger partial charge in [0.25, 0.3) is 5.91 Å². The van der Waals surface area contributed by atoms with Crippen LogP contribution in [0.1, 0.15) is 16.9 Å². The molecule has 0 saturated carbocycles. The van der Waals surface area contributed by atoms with Gasteiger partial charge >= 0.3 is 0 Å². The molecule has 1 amide bonds. The van der Waals surface area contributed by atoms with Crippen LogP contribution < -0.4 is 5.32 Å². The minimum atomic E-state index is -0.665. The number of hydrogen-bond acceptors (Lipinski definition) is 3. The molecule has 1 unspecified atom stereocenters. The maximum Gasteiger partial charge on any atom is 0.271 e. The number of nitrogens with one attached hydrogen (secondary N) is 1. The van der Waals surface area contributed by atoms with Crippen LogP contribution in [0.3, 0.4) is 0 Å². The van der Waals surface area contributed by atoms with Crippen LogP contribution in [0.4, 0.5) is 4.39 Å². The lowest BCUT2D eigenvalue weighted by Gasteiger charge is -2.29. The molecule has 5 nitrogen and oxygen atoms in total. The lowest BCUT2D eigenvalue weighted by Crippen LogP contribution is -2.46. The van der Waals surface area contributed by atoms with Gasteiger partial charge in [0, 0.05) is 30.6 Å². The van der Waals surface area contributed by atoms with E-state index in [1.165, 1.54) is 12.1 Å². The number of aromatic nitrogens is 3. The Morgan fingerprint density at radius 3 is 2.53 bits per heavy atom. The third-order valence-corrected chi connectivity index (χ3v) is 5.16. The van der Waals surface area contributed by atoms with E-state index >= 15 is 0 Å². The average molecular weight is 400 g/mol. The van der Waals surface area contributed by atoms with Crippen LogP contribution >= 0.6 is 0 Å². The molecule has 0 radical (unpaired) electrons. The molecule has 3 aromatic rings. The summed E-state index contributed by atoms with van der Waals surface area (Å²) in [5.41, 5.74) is 2.52. The molecule has 2 aromatic heterocycles. The first-order valence-corrected chi connectivity index (χ1v) is 9.57. The zero-order chi connectivity index (χ0) is 21.1. The summed E-state index contributed by atoms with van der Waals surface area (Å²) in [5.74, 6) is -0.604. The molecule has 4 rings (SSSR count). The van der Waals surface area contributed by atoms with Gasteiger partial charge in [-0.15, -0.1) is 6.58 Å². The maximum atomic E-state index is 13.5. The molecule has 1 N–H and O–H groups in total. The SMILES string of the molecule is C=CC1(NC(=O)c2c(-c3ccncc3)c(-c3ccc(F)cc3)nn2C)C=CC=CC1. The Labute approximate surface area is 174 Å². The van der Waals surface area contributed by atoms with Crippen molar-refractivity contribution in [2.75, 3.05) is 0 Å². The Bertz CT molecular complexity index is 1150. The smallest absolute Gasteiger partial charge is 0.271 e. The van der Waals surface area contributed by atoms with Gasteiger partial charge in [0.05, 0.1) is 5.54 Å². The van der Waals surface area contributed by atoms with Gasteiger partial charge in [-0.05, 0) is 48.4 Å². The molecule has 1 aliphatic carbocycles. The molecule has 0 bridgehead atoms. The van der Waals surface area contributed by atoms with Crippen LogP contribution in [0.15, 0.2) is 85.8 Å². The van der Waals surface area contributed by atoms with Crippen LogP contribution in [-0.2, 0) is 7.05 Å². The van der Waals surface area contributed by atoms with Gasteiger partial charge in [-0.1, -0.05) is 30.4 Å². The number of carbonyl (C=O) groups is 1. The Morgan fingerprint density at radius 1 is 1.17 bits per heavy atom. The number of rotatable bonds is 5. The van der Waals surface area contributed by atoms with E-state index in [2.05, 4.69) is 22.0 Å². The van der Waals surface area contributed by atoms with Crippen molar-refractivity contribution < 1.29 is 9.18 Å². The normalized spacial score (nSPS) is 17.7. The highest BCUT2D eigenvalue weighted by Crippen LogP contribution is 2.34. The fourth-order valence-electron chi connectivity index (χ4n) is 3.59. The topological polar surface area (TPSA) is 59.8 Å². The van der Waals surface area contributed by atoms with E-state index < -0.39 is 5.54 Å². The second-order valence-electron chi connectivity index (χ2n) is 7.13. The number of amides is 1. The summed E-state index contributed by atoms with van der Waals surface area (Å²) < 4.78 is 15.0. The number of pyridine rings is 1. The van der Waals surface area contributed by atoms with Crippen molar-refractivity contribution >= 4 is 5.91 Å². The predicted molar refractivity (Wildman–Crippen MR) is 115 cm³/mol. The van der Waals surface area contributed by atoms with Crippen molar-refractivity contribution in [1.82, 2.24) is 20.1 Å². The molecule has 1 aromatic carbocycles. The van der Waals surface area contributed by atoms with E-state index in [0.717, 1.165) is 11.1 Å². The molecular formula is C24H21FN4O. The van der Waals surface area contributed by atoms with E-state index in [1.807, 2.05) is 36.4 Å². The van der Waals surface area contributed by atoms with Gasteiger partial charge in [0.2, 0.25) is 0 Å². The molecule has 0 fully saturated rings. The Kier molecular flexibility index (Phi) is 5.14. The molecule has 0 aliphatic heterocycles. The summed E-state index contributed by atoms with van der Waals surface area (Å²) in [6, 6.07) is 9.73. The highest BCUT2D eigenvalue weighted by molar-refractivity contribution is 6.03. The fourth-order valence-corrected chi connectivity index (χ4v) is 3.59. The summed E-state index contributed by atoms with van der Waals surface area (Å²) in [5, 5.41) is 7.70. The van der Waals surface area contributed by atoms with Crippen molar-refractivity contribution in [3.05, 3.63) is 97.3 Å². The van der Waals surface area contributed by atoms with Crippen molar-refractivity contribution in [3.63, 3.8) is 0 Å². The molecule has 1 aliphatic rings. The van der Waals surface area contributed by atoms with E-state index in [9.17, 15) is 9.18 Å². The molecule has 0 spiro atoms. The van der Waals surface area contributed by atoms with Gasteiger partial charge in [-0.25, -0.2) is 4.39 Å². The third kappa shape index (κ3) is 3.59. The monoisotopic (exact) mass is 400 g/mol. The van der Waals surface area contributed by atoms with Gasteiger partial charge in [-0.3, -0.25) is 14.5 Å². The molecule has 30 heavy (non-hydrogen) atoms. The standard InChI is InChI=1S/C24H21FN4O/c1-3-24(13-5-4-6-14-24)27-23(30)22-20(17-11-15-26-16-12-17)21(28-29(22)2)18-7-9-19(25)10-8-18/h3-13,15-16H,1,14H2,2H3,(H,27,30). The van der Waals surface area contributed by atoms with Gasteiger partial charge in [0.15, 0.2) is 0 Å². The average Bonchev–Trinajstić information content (AvgIpc) is 3.12. The van der Waals surface area contributed by atoms with E-state index in [-0.39, 0.29) is 11.7 Å². The number of halogens is 1. The number of aryl methyl sites for hydroxylation is 1. The van der Waals surface area contributed by atoms with E-state index in [1.54, 1.807) is 42.3 Å². The van der Waals surface area contributed by atoms with Gasteiger partial charge in [-0.2, -0.15) is 5.10 Å². The minimum Gasteiger partial charge on any atom is -0.338 e. The first kappa shape index (κ1) is 19.5. The second kappa shape index (κ2) is 7.91. The van der Waals surface area contributed by atoms with Crippen LogP contribution in [-0.4, -0.2) is 26.2 Å². The molecule has 6 heteroatoms. The molecule has 2 heterocycles. The highest BCUT2D eigenvalue weighted by Gasteiger charge is 2.30. The highest BCUT2D eigenvalue weighted by atomic mass is 19.1. The Hall–Kier alpha value is -3.80. The maximum absolute atomic E-state index is 13.5. The Balaban J connectivity index is 1.84. The van der Waals surface area contributed by atoms with Gasteiger partial charge in [0.1, 0.15) is 17.2 Å². The molecule has 1 atom stereocenters. The second-order valence-corrected chi connectivity index (χ2v) is 7.13. The zero-order valence-corrected chi connectivity index (χ0v) is 16.5. The van der Waals surface area contributed by atoms with Crippen LogP contribution in [0, 0.1) is 5.82 Å². The summed E-state index contributed by atoms with van der Waals surface area (Å²) in [4.78, 5) is 17.5. The van der Waals surface area contributed by atoms with E-state index in [0.29, 0.717) is 23.4 Å². The summed E-state index contributed by atoms with van der Waals surface area (Å²) in [6.45, 7) is 3.90. The summed E-state index contributed by atoms with van der Waals surface area (Å²) in [6.07, 6.45) is 13.4. The zero-order valence-electron chi connectivity index (χ0n) is 16.5. The number of nitrogens with zero attached hydrogens (tertiary/aromatic N) is 3. The Morgan fingerprint density at radius 2 is 1.90 bits per heavy atom. The molecular weight excluding hydrogens is 379 g/mol. The fraction of sp³-hybridized carbons (Fsp3) is 0.125. The quantitative estimate of drug-likeness (QED) is 0.644. The van der Waals surface area contributed by atoms with Crippen molar-refractivity contribution in [2.45, 2.75) is 12.0 Å². The predicted octanol–water partition coefficient (Wildman–Crippen LogP) is 4.46. The van der Waals surface area contributed by atoms with Crippen LogP contribution in [0.25, 0.3) is 22.4 Å². The first-order chi connectivity index (χ1) is 14.5. The lowest BCUT2D eigenvalue weighted by molar-refractivity contribution is 0.0921. The summed E-state index contributed by atoms with van der Waals surface area (Å²) in [7, 11) is 1.73. The largest absolute Gasteiger partial charge is 0.338 e. The third-order valence-electron chi connectivity index (χ3n) is 5.16. The number of allylic oxidation sites excluding steroid dienone is 2. The lowest BCUT2D eigenvalue weighted by atomic mass is 9.90. The van der Waals surface area contributed by atoms with E-state index in [4.69, 9.17) is 0 Å². The number of benzene rings is 1. The van der Waals surface area contributed by atoms with Crippen molar-refractivity contribution in [3.8, 4) is 22.4 Å². The van der Waals surface area contributed by atoms with Crippen LogP contribution in [0.5, 0.6) is 0 Å². The molecule has 0 saturated heterocycles. The first-order valence-electron chi connectivity index (χ1n) is 9.57. The van der Waals surface area contributed by atoms with Crippen LogP contribution in [0.2, 0.25) is 0 Å². The number of carbonyl (C=O) groups excluding carboxylic acids is 1. The summed E-state index contributed by atoms with van der Waals surface area (Å²) >= 11 is 0.